The van der Waals surface area contributed by atoms with Gasteiger partial charge in [0, 0.05) is 239 Å². The first-order valence-electron chi connectivity index (χ1n) is 17.9. The van der Waals surface area contributed by atoms with Gasteiger partial charge in [-0.3, -0.25) is 0 Å². The molecule has 0 N–H and O–H groups in total. The van der Waals surface area contributed by atoms with Gasteiger partial charge in [0.05, 0.1) is 0 Å². The van der Waals surface area contributed by atoms with Gasteiger partial charge in [0.25, 0.3) is 0 Å². The van der Waals surface area contributed by atoms with Crippen LogP contribution in [-0.4, -0.2) is 19.8 Å². The van der Waals surface area contributed by atoms with E-state index < -0.39 is 0 Å². The molecule has 6 nitrogen and oxygen atoms in total. The van der Waals surface area contributed by atoms with E-state index in [4.69, 9.17) is 10.4 Å². The van der Waals surface area contributed by atoms with E-state index in [0.717, 1.165) is 54.6 Å². The standard InChI is InChI=1S/2C20H22I2N3.I5.I3.4I2/c2*1-11-7-13(3)17(14(4)8-11)24-19(21)20(22)25(23-24)18-15(5)9-12(2)10-16(18)6;1-3-5-4-2;1-3-2;4*1-2/h2*7-10H,1-6H3;;;;;;/q2*+1;2*-1;;;;. The molecular weight excluding hydrogens is 3100 g/mol. The maximum absolute atomic E-state index is 4.97. The molecule has 2 heterocycles. The van der Waals surface area contributed by atoms with Crippen LogP contribution in [0.15, 0.2) is 48.5 Å². The summed E-state index contributed by atoms with van der Waals surface area (Å²) in [6, 6.07) is 17.8. The van der Waals surface area contributed by atoms with Crippen molar-refractivity contribution < 1.29 is 62.4 Å². The summed E-state index contributed by atoms with van der Waals surface area (Å²) in [5, 5.41) is 9.94. The topological polar surface area (TPSA) is 43.4 Å². The summed E-state index contributed by atoms with van der Waals surface area (Å²) >= 11 is 39.3. The Morgan fingerprint density at radius 3 is 0.773 bits per heavy atom. The van der Waals surface area contributed by atoms with Crippen molar-refractivity contribution in [2.45, 2.75) is 83.1 Å². The van der Waals surface area contributed by atoms with E-state index in [9.17, 15) is 0 Å². The summed E-state index contributed by atoms with van der Waals surface area (Å²) in [6.45, 7) is 25.8. The van der Waals surface area contributed by atoms with Gasteiger partial charge < -0.3 is 0 Å². The Hall–Kier alpha value is 9.76. The summed E-state index contributed by atoms with van der Waals surface area (Å²) in [5.74, 6) is 0. The van der Waals surface area contributed by atoms with Crippen LogP contribution in [0.2, 0.25) is 0 Å². The Kier molecular flexibility index (Phi) is 52.3. The molecule has 0 saturated heterocycles. The summed E-state index contributed by atoms with van der Waals surface area (Å²) in [4.78, 5) is 0. The van der Waals surface area contributed by atoms with Gasteiger partial charge in [-0.15, -0.1) is 0 Å². The second-order valence-corrected chi connectivity index (χ2v) is 82.9. The number of halogens is 20. The van der Waals surface area contributed by atoms with Crippen molar-refractivity contribution in [2.24, 2.45) is 0 Å². The minimum absolute atomic E-state index is 0.530. The predicted octanol–water partition coefficient (Wildman–Crippen LogP) is 9.06. The van der Waals surface area contributed by atoms with Crippen LogP contribution >= 0.6 is 314 Å². The van der Waals surface area contributed by atoms with Gasteiger partial charge in [-0.25, -0.2) is 0 Å². The third kappa shape index (κ3) is 25.5. The second-order valence-electron chi connectivity index (χ2n) is 13.8. The molecule has 0 saturated carbocycles. The molecule has 0 atom stereocenters. The van der Waals surface area contributed by atoms with Crippen LogP contribution in [0.5, 0.6) is 0 Å². The predicted molar refractivity (Wildman–Crippen MR) is 406 cm³/mol. The molecule has 6 rings (SSSR count). The number of hydrogen-bond acceptors (Lipinski definition) is 2. The first-order valence-corrected chi connectivity index (χ1v) is 85.1. The van der Waals surface area contributed by atoms with Crippen LogP contribution in [0.1, 0.15) is 66.8 Å². The molecule has 0 aliphatic heterocycles. The van der Waals surface area contributed by atoms with Crippen molar-refractivity contribution >= 4 is 314 Å². The van der Waals surface area contributed by atoms with Crippen LogP contribution < -0.4 is 62.4 Å². The number of nitrogens with zero attached hydrogens (tertiary/aromatic N) is 6. The Bertz CT molecular complexity index is 1990. The van der Waals surface area contributed by atoms with Crippen molar-refractivity contribution in [3.63, 3.8) is 0 Å². The zero-order valence-electron chi connectivity index (χ0n) is 36.9. The summed E-state index contributed by atoms with van der Waals surface area (Å²) in [5.41, 5.74) is 19.8. The molecule has 0 radical (unpaired) electrons. The molecule has 6 aromatic rings. The van der Waals surface area contributed by atoms with Gasteiger partial charge in [0.15, 0.2) is 22.7 Å². The fourth-order valence-corrected chi connectivity index (χ4v) is 114. The fourth-order valence-electron chi connectivity index (χ4n) is 7.29. The van der Waals surface area contributed by atoms with E-state index >= 15 is 0 Å². The summed E-state index contributed by atoms with van der Waals surface area (Å²) in [6.07, 6.45) is 0. The molecule has 4 aromatic carbocycles. The van der Waals surface area contributed by atoms with Crippen molar-refractivity contribution in [3.05, 3.63) is 130 Å². The van der Waals surface area contributed by atoms with Crippen molar-refractivity contribution in [3.8, 4) is 22.7 Å². The molecule has 0 bridgehead atoms. The molecule has 0 unspecified atom stereocenters. The van der Waals surface area contributed by atoms with Gasteiger partial charge >= 0.3 is 127 Å². The van der Waals surface area contributed by atoms with Crippen molar-refractivity contribution in [1.29, 1.82) is 0 Å². The Morgan fingerprint density at radius 2 is 0.591 bits per heavy atom. The first kappa shape index (κ1) is 77.8. The maximum atomic E-state index is 4.97. The van der Waals surface area contributed by atoms with Gasteiger partial charge in [0.1, 0.15) is 10.4 Å². The molecule has 66 heavy (non-hydrogen) atoms. The number of rotatable bonds is 6. The van der Waals surface area contributed by atoms with E-state index in [1.54, 1.807) is 0 Å². The van der Waals surface area contributed by atoms with Crippen LogP contribution in [0.4, 0.5) is 0 Å². The molecule has 26 heteroatoms. The summed E-state index contributed by atoms with van der Waals surface area (Å²) < 4.78 is 12.8. The van der Waals surface area contributed by atoms with Crippen LogP contribution in [0.25, 0.3) is 22.7 Å². The fraction of sp³-hybridized carbons (Fsp3) is 0.300. The first-order chi connectivity index (χ1) is 31.2. The van der Waals surface area contributed by atoms with Gasteiger partial charge in [-0.05, 0) is 128 Å². The third-order valence-electron chi connectivity index (χ3n) is 8.87. The van der Waals surface area contributed by atoms with Gasteiger partial charge in [-0.2, -0.15) is 0 Å². The Balaban J connectivity index is 0. The van der Waals surface area contributed by atoms with Gasteiger partial charge in [0.2, 0.25) is 14.8 Å². The van der Waals surface area contributed by atoms with Crippen LogP contribution in [-0.2, 0) is 0 Å². The third-order valence-corrected chi connectivity index (χ3v) is 97.4. The molecule has 0 amide bonds. The average Bonchev–Trinajstić information content (AvgIpc) is 3.69. The van der Waals surface area contributed by atoms with Crippen molar-refractivity contribution in [1.82, 2.24) is 19.8 Å². The van der Waals surface area contributed by atoms with E-state index in [-0.39, 0.29) is 0 Å². The Morgan fingerprint density at radius 1 is 0.394 bits per heavy atom. The van der Waals surface area contributed by atoms with E-state index in [0.29, 0.717) is 13.3 Å². The summed E-state index contributed by atoms with van der Waals surface area (Å²) in [7, 11) is 0. The second kappa shape index (κ2) is 44.4. The van der Waals surface area contributed by atoms with Crippen LogP contribution in [0, 0.1) is 97.9 Å². The molecular formula is C40H44I20N6. The van der Waals surface area contributed by atoms with E-state index in [1.807, 2.05) is 0 Å². The van der Waals surface area contributed by atoms with E-state index in [2.05, 4.69) is 464 Å². The number of aromatic nitrogens is 6. The normalized spacial score (nSPS) is 9.94. The zero-order chi connectivity index (χ0) is 51.8. The molecule has 2 aromatic heterocycles. The molecule has 0 aliphatic rings. The quantitative estimate of drug-likeness (QED) is 0.124. The van der Waals surface area contributed by atoms with E-state index in [1.165, 1.54) is 89.5 Å². The molecule has 374 valence electrons. The minimum atomic E-state index is 0.530. The number of benzene rings is 4. The average molecular weight is 3150 g/mol. The zero-order valence-corrected chi connectivity index (χ0v) is 80.0. The molecule has 0 spiro atoms. The Labute approximate surface area is 614 Å². The number of hydrogen-bond donors (Lipinski definition) is 0. The number of aryl methyl sites for hydroxylation is 12. The SMILES string of the molecule is Cc1cc(C)c(-n2n[n+](-c3c(C)cc(C)cc3C)c(I)c2I)c(C)c1.Cc1cc(C)c(-n2n[n+](-c3c(C)cc(C)cc3C)c(I)c2I)c(C)c1.II.II.II.II.I[I-]I.I[I-][I+][I-]I. The van der Waals surface area contributed by atoms with Crippen LogP contribution in [0.3, 0.4) is 0 Å². The van der Waals surface area contributed by atoms with Gasteiger partial charge in [-0.1, -0.05) is 89.5 Å². The monoisotopic (exact) mass is 3150 g/mol. The molecule has 0 aliphatic carbocycles. The molecule has 0 fully saturated rings. The van der Waals surface area contributed by atoms with Crippen molar-refractivity contribution in [2.75, 3.05) is 0 Å².